The average molecular weight is 564 g/mol. The largest absolute Gasteiger partial charge is 0.460 e. The van der Waals surface area contributed by atoms with E-state index in [-0.39, 0.29) is 33.9 Å². The predicted octanol–water partition coefficient (Wildman–Crippen LogP) is 5.21. The predicted molar refractivity (Wildman–Crippen MR) is 141 cm³/mol. The van der Waals surface area contributed by atoms with E-state index < -0.39 is 40.4 Å². The molecular formula is C28H32ClF2N3O5. The van der Waals surface area contributed by atoms with Gasteiger partial charge in [-0.15, -0.1) is 0 Å². The lowest BCUT2D eigenvalue weighted by atomic mass is 9.77. The van der Waals surface area contributed by atoms with Gasteiger partial charge in [0.2, 0.25) is 0 Å². The van der Waals surface area contributed by atoms with Crippen molar-refractivity contribution in [3.63, 3.8) is 0 Å². The van der Waals surface area contributed by atoms with Crippen LogP contribution in [0.5, 0.6) is 0 Å². The Bertz CT molecular complexity index is 1340. The minimum Gasteiger partial charge on any atom is -0.460 e. The van der Waals surface area contributed by atoms with Crippen molar-refractivity contribution < 1.29 is 32.7 Å². The van der Waals surface area contributed by atoms with Crippen LogP contribution in [0.2, 0.25) is 5.02 Å². The molecule has 1 aromatic heterocycles. The van der Waals surface area contributed by atoms with Gasteiger partial charge < -0.3 is 19.9 Å². The summed E-state index contributed by atoms with van der Waals surface area (Å²) in [6, 6.07) is 2.94. The van der Waals surface area contributed by atoms with Gasteiger partial charge in [0, 0.05) is 29.5 Å². The van der Waals surface area contributed by atoms with Gasteiger partial charge in [-0.05, 0) is 78.4 Å². The molecule has 0 saturated heterocycles. The van der Waals surface area contributed by atoms with E-state index >= 15 is 0 Å². The molecule has 11 heteroatoms. The Morgan fingerprint density at radius 3 is 2.38 bits per heavy atom. The standard InChI is InChI=1S/C28H32ClF2N3O5/c1-27(2,3)39-26(38)15-9-11-28(4,12-10-15)33-25(37)23(35)22-21(29)20(19-6-5-13-34(19)22)24(36)32-16-7-8-17(30)18(31)14-16/h7-8,14-15H,5-6,9-13H2,1-4H3,(H,32,36)(H,33,37)/t15-,28+. The first-order chi connectivity index (χ1) is 18.2. The zero-order valence-corrected chi connectivity index (χ0v) is 23.1. The number of esters is 1. The lowest BCUT2D eigenvalue weighted by Gasteiger charge is -2.37. The number of hydrogen-bond donors (Lipinski definition) is 2. The van der Waals surface area contributed by atoms with Crippen molar-refractivity contribution in [3.8, 4) is 0 Å². The Balaban J connectivity index is 1.48. The number of nitrogens with one attached hydrogen (secondary N) is 2. The molecule has 1 aliphatic heterocycles. The molecular weight excluding hydrogens is 532 g/mol. The number of aromatic nitrogens is 1. The molecule has 2 heterocycles. The number of carbonyl (C=O) groups excluding carboxylic acids is 4. The van der Waals surface area contributed by atoms with E-state index in [1.54, 1.807) is 4.57 Å². The summed E-state index contributed by atoms with van der Waals surface area (Å²) in [5, 5.41) is 5.14. The average Bonchev–Trinajstić information content (AvgIpc) is 3.39. The lowest BCUT2D eigenvalue weighted by Crippen LogP contribution is -2.51. The van der Waals surface area contributed by atoms with Crippen LogP contribution in [0.15, 0.2) is 18.2 Å². The fourth-order valence-corrected chi connectivity index (χ4v) is 5.59. The van der Waals surface area contributed by atoms with E-state index in [1.165, 1.54) is 6.07 Å². The highest BCUT2D eigenvalue weighted by Gasteiger charge is 2.40. The zero-order valence-electron chi connectivity index (χ0n) is 22.4. The van der Waals surface area contributed by atoms with Crippen molar-refractivity contribution in [1.29, 1.82) is 0 Å². The first-order valence-electron chi connectivity index (χ1n) is 13.0. The molecule has 0 spiro atoms. The van der Waals surface area contributed by atoms with E-state index in [2.05, 4.69) is 10.6 Å². The van der Waals surface area contributed by atoms with E-state index in [1.807, 2.05) is 27.7 Å². The summed E-state index contributed by atoms with van der Waals surface area (Å²) in [6.45, 7) is 7.66. The molecule has 1 aromatic carbocycles. The van der Waals surface area contributed by atoms with Crippen molar-refractivity contribution in [2.24, 2.45) is 5.92 Å². The minimum absolute atomic E-state index is 0.0217. The summed E-state index contributed by atoms with van der Waals surface area (Å²) in [6.07, 6.45) is 3.09. The van der Waals surface area contributed by atoms with Gasteiger partial charge >= 0.3 is 5.97 Å². The van der Waals surface area contributed by atoms with Crippen LogP contribution >= 0.6 is 11.6 Å². The fourth-order valence-electron chi connectivity index (χ4n) is 5.20. The van der Waals surface area contributed by atoms with Crippen molar-refractivity contribution in [3.05, 3.63) is 51.8 Å². The van der Waals surface area contributed by atoms with E-state index in [0.717, 1.165) is 12.1 Å². The first kappa shape index (κ1) is 28.7. The van der Waals surface area contributed by atoms with Crippen molar-refractivity contribution in [2.45, 2.75) is 83.9 Å². The van der Waals surface area contributed by atoms with Crippen molar-refractivity contribution in [1.82, 2.24) is 9.88 Å². The number of fused-ring (bicyclic) bond motifs is 1. The number of carbonyl (C=O) groups is 4. The molecule has 0 unspecified atom stereocenters. The quantitative estimate of drug-likeness (QED) is 0.285. The highest BCUT2D eigenvalue weighted by atomic mass is 35.5. The molecule has 210 valence electrons. The number of hydrogen-bond acceptors (Lipinski definition) is 5. The molecule has 2 aromatic rings. The Hall–Kier alpha value is -3.27. The molecule has 8 nitrogen and oxygen atoms in total. The van der Waals surface area contributed by atoms with Gasteiger partial charge in [0.15, 0.2) is 11.6 Å². The monoisotopic (exact) mass is 563 g/mol. The maximum absolute atomic E-state index is 13.6. The first-order valence-corrected chi connectivity index (χ1v) is 13.3. The third-order valence-electron chi connectivity index (χ3n) is 7.18. The molecule has 0 atom stereocenters. The fraction of sp³-hybridized carbons (Fsp3) is 0.500. The molecule has 1 aliphatic carbocycles. The summed E-state index contributed by atoms with van der Waals surface area (Å²) in [5.41, 5.74) is -0.818. The molecule has 2 amide bonds. The summed E-state index contributed by atoms with van der Waals surface area (Å²) in [7, 11) is 0. The second-order valence-corrected chi connectivity index (χ2v) is 11.9. The van der Waals surface area contributed by atoms with E-state index in [9.17, 15) is 28.0 Å². The Labute approximate surface area is 230 Å². The van der Waals surface area contributed by atoms with Crippen LogP contribution in [0.3, 0.4) is 0 Å². The topological polar surface area (TPSA) is 106 Å². The van der Waals surface area contributed by atoms with Crippen LogP contribution < -0.4 is 10.6 Å². The van der Waals surface area contributed by atoms with Gasteiger partial charge in [0.05, 0.1) is 16.5 Å². The Morgan fingerprint density at radius 1 is 1.10 bits per heavy atom. The van der Waals surface area contributed by atoms with Gasteiger partial charge in [0.1, 0.15) is 11.3 Å². The number of amides is 2. The van der Waals surface area contributed by atoms with Crippen LogP contribution in [-0.2, 0) is 27.3 Å². The molecule has 1 fully saturated rings. The molecule has 0 bridgehead atoms. The summed E-state index contributed by atoms with van der Waals surface area (Å²) < 4.78 is 33.9. The normalized spacial score (nSPS) is 20.7. The van der Waals surface area contributed by atoms with Gasteiger partial charge in [0.25, 0.3) is 17.6 Å². The van der Waals surface area contributed by atoms with Gasteiger partial charge in [-0.2, -0.15) is 0 Å². The van der Waals surface area contributed by atoms with Crippen LogP contribution in [0.4, 0.5) is 14.5 Å². The van der Waals surface area contributed by atoms with Crippen LogP contribution in [0.1, 0.15) is 86.3 Å². The molecule has 39 heavy (non-hydrogen) atoms. The van der Waals surface area contributed by atoms with Gasteiger partial charge in [-0.3, -0.25) is 19.2 Å². The Morgan fingerprint density at radius 2 is 1.77 bits per heavy atom. The number of anilines is 1. The third-order valence-corrected chi connectivity index (χ3v) is 7.55. The molecule has 2 N–H and O–H groups in total. The second-order valence-electron chi connectivity index (χ2n) is 11.5. The number of ketones is 1. The minimum atomic E-state index is -1.12. The van der Waals surface area contributed by atoms with Gasteiger partial charge in [-0.1, -0.05) is 11.6 Å². The smallest absolute Gasteiger partial charge is 0.309 e. The SMILES string of the molecule is CC(C)(C)OC(=O)[C@H]1CC[C@@](C)(NC(=O)C(=O)c2c(Cl)c(C(=O)Nc3ccc(F)c(F)c3)c3n2CCC3)CC1. The highest BCUT2D eigenvalue weighted by Crippen LogP contribution is 2.36. The van der Waals surface area contributed by atoms with Crippen LogP contribution in [0, 0.1) is 17.6 Å². The van der Waals surface area contributed by atoms with Crippen molar-refractivity contribution in [2.75, 3.05) is 5.32 Å². The summed E-state index contributed by atoms with van der Waals surface area (Å²) in [5.74, 6) is -5.13. The van der Waals surface area contributed by atoms with Crippen LogP contribution in [0.25, 0.3) is 0 Å². The van der Waals surface area contributed by atoms with E-state index in [4.69, 9.17) is 16.3 Å². The second kappa shape index (κ2) is 10.7. The van der Waals surface area contributed by atoms with Gasteiger partial charge in [-0.25, -0.2) is 8.78 Å². The highest BCUT2D eigenvalue weighted by molar-refractivity contribution is 6.48. The van der Waals surface area contributed by atoms with E-state index in [0.29, 0.717) is 50.8 Å². The molecule has 4 rings (SSSR count). The van der Waals surface area contributed by atoms with Crippen LogP contribution in [-0.4, -0.2) is 39.3 Å². The maximum Gasteiger partial charge on any atom is 0.309 e. The summed E-state index contributed by atoms with van der Waals surface area (Å²) in [4.78, 5) is 51.9. The van der Waals surface area contributed by atoms with Crippen molar-refractivity contribution >= 4 is 40.9 Å². The number of ether oxygens (including phenoxy) is 1. The number of rotatable bonds is 6. The Kier molecular flexibility index (Phi) is 7.89. The lowest BCUT2D eigenvalue weighted by molar-refractivity contribution is -0.161. The number of benzene rings is 1. The zero-order chi connectivity index (χ0) is 28.7. The number of Topliss-reactive ketones (excluding diaryl/α,β-unsaturated/α-hetero) is 1. The molecule has 0 radical (unpaired) electrons. The number of nitrogens with zero attached hydrogens (tertiary/aromatic N) is 1. The molecule has 2 aliphatic rings. The summed E-state index contributed by atoms with van der Waals surface area (Å²) >= 11 is 6.52. The maximum atomic E-state index is 13.6. The number of halogens is 3. The molecule has 1 saturated carbocycles. The third kappa shape index (κ3) is 6.16.